The molecule has 2 rings (SSSR count). The third-order valence-corrected chi connectivity index (χ3v) is 4.58. The van der Waals surface area contributed by atoms with E-state index in [0.29, 0.717) is 0 Å². The second kappa shape index (κ2) is 8.82. The molecular weight excluding hydrogens is 317 g/mol. The van der Waals surface area contributed by atoms with E-state index in [4.69, 9.17) is 5.73 Å². The Morgan fingerprint density at radius 3 is 2.70 bits per heavy atom. The number of piperidine rings is 1. The number of amides is 1. The third-order valence-electron chi connectivity index (χ3n) is 3.70. The molecule has 0 spiro atoms. The fraction of sp³-hybridized carbons (Fsp3) is 0.692. The van der Waals surface area contributed by atoms with Crippen molar-refractivity contribution >= 4 is 42.1 Å². The average molecular weight is 340 g/mol. The highest BCUT2D eigenvalue weighted by atomic mass is 35.5. The molecule has 1 aromatic rings. The Bertz CT molecular complexity index is 400. The summed E-state index contributed by atoms with van der Waals surface area (Å²) in [6.07, 6.45) is 5.08. The molecule has 3 unspecified atom stereocenters. The highest BCUT2D eigenvalue weighted by molar-refractivity contribution is 7.09. The highest BCUT2D eigenvalue weighted by Gasteiger charge is 2.32. The molecular formula is C13H23Cl2N3OS. The van der Waals surface area contributed by atoms with Gasteiger partial charge in [0.2, 0.25) is 5.91 Å². The molecule has 1 aromatic heterocycles. The summed E-state index contributed by atoms with van der Waals surface area (Å²) in [6.45, 7) is 4.64. The minimum absolute atomic E-state index is 0. The average Bonchev–Trinajstić information content (AvgIpc) is 2.90. The molecule has 2 heterocycles. The maximum absolute atomic E-state index is 12.5. The van der Waals surface area contributed by atoms with Crippen LogP contribution in [0.4, 0.5) is 0 Å². The summed E-state index contributed by atoms with van der Waals surface area (Å²) < 4.78 is 0. The Morgan fingerprint density at radius 2 is 2.15 bits per heavy atom. The Hall–Kier alpha value is -0.360. The zero-order valence-corrected chi connectivity index (χ0v) is 14.3. The maximum atomic E-state index is 12.5. The minimum Gasteiger partial charge on any atom is -0.333 e. The van der Waals surface area contributed by atoms with Crippen LogP contribution >= 0.6 is 36.2 Å². The lowest BCUT2D eigenvalue weighted by atomic mass is 9.97. The highest BCUT2D eigenvalue weighted by Crippen LogP contribution is 2.33. The van der Waals surface area contributed by atoms with Crippen LogP contribution in [0, 0.1) is 5.92 Å². The van der Waals surface area contributed by atoms with E-state index in [1.54, 1.807) is 11.3 Å². The van der Waals surface area contributed by atoms with Crippen molar-refractivity contribution in [1.29, 1.82) is 0 Å². The van der Waals surface area contributed by atoms with Crippen LogP contribution in [0.1, 0.15) is 44.2 Å². The van der Waals surface area contributed by atoms with Gasteiger partial charge in [0, 0.05) is 24.2 Å². The first-order chi connectivity index (χ1) is 8.61. The van der Waals surface area contributed by atoms with E-state index in [0.717, 1.165) is 24.4 Å². The Morgan fingerprint density at radius 1 is 1.45 bits per heavy atom. The number of nitrogens with two attached hydrogens (primary N) is 1. The van der Waals surface area contributed by atoms with Gasteiger partial charge < -0.3 is 10.6 Å². The first kappa shape index (κ1) is 19.6. The minimum atomic E-state index is -0.120. The first-order valence-corrected chi connectivity index (χ1v) is 7.44. The van der Waals surface area contributed by atoms with Crippen molar-refractivity contribution in [2.45, 2.75) is 45.2 Å². The molecule has 20 heavy (non-hydrogen) atoms. The Kier molecular flexibility index (Phi) is 8.66. The maximum Gasteiger partial charge on any atom is 0.227 e. The van der Waals surface area contributed by atoms with Crippen LogP contribution < -0.4 is 5.73 Å². The van der Waals surface area contributed by atoms with Gasteiger partial charge >= 0.3 is 0 Å². The molecule has 1 aliphatic heterocycles. The summed E-state index contributed by atoms with van der Waals surface area (Å²) in [6, 6.07) is 0.0591. The molecule has 2 N–H and O–H groups in total. The van der Waals surface area contributed by atoms with E-state index in [2.05, 4.69) is 4.98 Å². The molecule has 116 valence electrons. The number of hydrogen-bond acceptors (Lipinski definition) is 4. The van der Waals surface area contributed by atoms with Crippen LogP contribution in [0.25, 0.3) is 0 Å². The van der Waals surface area contributed by atoms with E-state index in [1.165, 1.54) is 6.42 Å². The number of halogens is 2. The largest absolute Gasteiger partial charge is 0.333 e. The van der Waals surface area contributed by atoms with E-state index in [-0.39, 0.29) is 48.7 Å². The first-order valence-electron chi connectivity index (χ1n) is 6.56. The molecule has 1 saturated heterocycles. The quantitative estimate of drug-likeness (QED) is 0.920. The van der Waals surface area contributed by atoms with Gasteiger partial charge in [0.1, 0.15) is 5.01 Å². The molecule has 0 bridgehead atoms. The second-order valence-electron chi connectivity index (χ2n) is 5.06. The van der Waals surface area contributed by atoms with E-state index in [9.17, 15) is 4.79 Å². The van der Waals surface area contributed by atoms with Crippen molar-refractivity contribution in [2.24, 2.45) is 11.7 Å². The van der Waals surface area contributed by atoms with Gasteiger partial charge in [-0.25, -0.2) is 4.98 Å². The molecule has 4 nitrogen and oxygen atoms in total. The van der Waals surface area contributed by atoms with Crippen molar-refractivity contribution in [3.8, 4) is 0 Å². The zero-order valence-electron chi connectivity index (χ0n) is 11.8. The van der Waals surface area contributed by atoms with Gasteiger partial charge in [-0.05, 0) is 26.2 Å². The van der Waals surface area contributed by atoms with Gasteiger partial charge in [0.25, 0.3) is 0 Å². The van der Waals surface area contributed by atoms with Gasteiger partial charge in [-0.1, -0.05) is 6.92 Å². The number of nitrogens with zero attached hydrogens (tertiary/aromatic N) is 2. The summed E-state index contributed by atoms with van der Waals surface area (Å²) in [5, 5.41) is 3.03. The van der Waals surface area contributed by atoms with Crippen LogP contribution in [0.2, 0.25) is 0 Å². The van der Waals surface area contributed by atoms with E-state index >= 15 is 0 Å². The molecule has 1 amide bonds. The predicted molar refractivity (Wildman–Crippen MR) is 87.7 cm³/mol. The SMILES string of the molecule is CC(N)C(C)C(=O)N1CCCCC1c1nccs1.Cl.Cl. The summed E-state index contributed by atoms with van der Waals surface area (Å²) >= 11 is 1.63. The number of carbonyl (C=O) groups excluding carboxylic acids is 1. The Labute approximate surface area is 137 Å². The topological polar surface area (TPSA) is 59.2 Å². The van der Waals surface area contributed by atoms with Crippen molar-refractivity contribution in [3.63, 3.8) is 0 Å². The monoisotopic (exact) mass is 339 g/mol. The number of aromatic nitrogens is 1. The fourth-order valence-electron chi connectivity index (χ4n) is 2.34. The molecule has 3 atom stereocenters. The number of carbonyl (C=O) groups is 1. The summed E-state index contributed by atoms with van der Waals surface area (Å²) in [7, 11) is 0. The molecule has 0 aliphatic carbocycles. The number of thiazole rings is 1. The van der Waals surface area contributed by atoms with Crippen LogP contribution in [-0.4, -0.2) is 28.4 Å². The standard InChI is InChI=1S/C13H21N3OS.2ClH/c1-9(10(2)14)13(17)16-7-4-3-5-11(16)12-15-6-8-18-12;;/h6,8-11H,3-5,7,14H2,1-2H3;2*1H. The van der Waals surface area contributed by atoms with E-state index in [1.807, 2.05) is 30.3 Å². The molecule has 0 radical (unpaired) electrons. The van der Waals surface area contributed by atoms with Gasteiger partial charge in [-0.15, -0.1) is 36.2 Å². The molecule has 1 fully saturated rings. The van der Waals surface area contributed by atoms with Crippen molar-refractivity contribution in [3.05, 3.63) is 16.6 Å². The number of hydrogen-bond donors (Lipinski definition) is 1. The molecule has 0 saturated carbocycles. The number of likely N-dealkylation sites (tertiary alicyclic amines) is 1. The van der Waals surface area contributed by atoms with Crippen molar-refractivity contribution in [2.75, 3.05) is 6.54 Å². The smallest absolute Gasteiger partial charge is 0.227 e. The van der Waals surface area contributed by atoms with Crippen molar-refractivity contribution in [1.82, 2.24) is 9.88 Å². The van der Waals surface area contributed by atoms with Gasteiger partial charge in [0.15, 0.2) is 0 Å². The lowest BCUT2D eigenvalue weighted by molar-refractivity contribution is -0.139. The Balaban J connectivity index is 0.00000180. The third kappa shape index (κ3) is 4.32. The molecule has 1 aliphatic rings. The van der Waals surface area contributed by atoms with Gasteiger partial charge in [-0.2, -0.15) is 0 Å². The normalized spacial score (nSPS) is 21.4. The van der Waals surface area contributed by atoms with Gasteiger partial charge in [0.05, 0.1) is 12.0 Å². The summed E-state index contributed by atoms with van der Waals surface area (Å²) in [4.78, 5) is 18.8. The lowest BCUT2D eigenvalue weighted by Gasteiger charge is -2.36. The van der Waals surface area contributed by atoms with Crippen LogP contribution in [0.5, 0.6) is 0 Å². The van der Waals surface area contributed by atoms with E-state index < -0.39 is 0 Å². The molecule has 0 aromatic carbocycles. The predicted octanol–water partition coefficient (Wildman–Crippen LogP) is 3.02. The summed E-state index contributed by atoms with van der Waals surface area (Å²) in [5.74, 6) is 0.0514. The van der Waals surface area contributed by atoms with Crippen LogP contribution in [-0.2, 0) is 4.79 Å². The lowest BCUT2D eigenvalue weighted by Crippen LogP contribution is -2.45. The summed E-state index contributed by atoms with van der Waals surface area (Å²) in [5.41, 5.74) is 5.85. The number of rotatable bonds is 3. The second-order valence-corrected chi connectivity index (χ2v) is 5.99. The van der Waals surface area contributed by atoms with Crippen molar-refractivity contribution < 1.29 is 4.79 Å². The zero-order chi connectivity index (χ0) is 13.1. The molecule has 7 heteroatoms. The fourth-order valence-corrected chi connectivity index (χ4v) is 3.12. The van der Waals surface area contributed by atoms with Crippen LogP contribution in [0.15, 0.2) is 11.6 Å². The van der Waals surface area contributed by atoms with Crippen LogP contribution in [0.3, 0.4) is 0 Å². The van der Waals surface area contributed by atoms with Gasteiger partial charge in [-0.3, -0.25) is 4.79 Å².